The van der Waals surface area contributed by atoms with E-state index in [1.165, 1.54) is 18.2 Å². The quantitative estimate of drug-likeness (QED) is 0.771. The van der Waals surface area contributed by atoms with Crippen LogP contribution in [0, 0.1) is 17.1 Å². The molecular formula is C14H16FN3O. The molecule has 0 aromatic heterocycles. The third-order valence-electron chi connectivity index (χ3n) is 2.94. The third kappa shape index (κ3) is 4.25. The Morgan fingerprint density at radius 3 is 2.95 bits per heavy atom. The van der Waals surface area contributed by atoms with Gasteiger partial charge in [0.15, 0.2) is 0 Å². The number of nitrogens with one attached hydrogen (secondary N) is 2. The van der Waals surface area contributed by atoms with Gasteiger partial charge in [0.2, 0.25) is 5.91 Å². The summed E-state index contributed by atoms with van der Waals surface area (Å²) in [4.78, 5) is 11.4. The fourth-order valence-corrected chi connectivity index (χ4v) is 1.76. The zero-order valence-corrected chi connectivity index (χ0v) is 10.6. The number of anilines is 1. The Morgan fingerprint density at radius 2 is 2.26 bits per heavy atom. The zero-order chi connectivity index (χ0) is 13.7. The van der Waals surface area contributed by atoms with E-state index < -0.39 is 5.82 Å². The van der Waals surface area contributed by atoms with E-state index in [4.69, 9.17) is 5.26 Å². The maximum absolute atomic E-state index is 12.9. The fraction of sp³-hybridized carbons (Fsp3) is 0.429. The SMILES string of the molecule is N#Cc1cc(F)ccc1NCCCC(=O)NC1CC1. The smallest absolute Gasteiger partial charge is 0.220 e. The second-order valence-electron chi connectivity index (χ2n) is 4.67. The number of rotatable bonds is 6. The molecule has 2 rings (SSSR count). The Kier molecular flexibility index (Phi) is 4.35. The highest BCUT2D eigenvalue weighted by molar-refractivity contribution is 5.76. The topological polar surface area (TPSA) is 64.9 Å². The van der Waals surface area contributed by atoms with Crippen LogP contribution in [0.3, 0.4) is 0 Å². The molecule has 1 aliphatic carbocycles. The maximum atomic E-state index is 12.9. The molecule has 1 aromatic carbocycles. The lowest BCUT2D eigenvalue weighted by atomic mass is 10.2. The normalized spacial score (nSPS) is 13.7. The van der Waals surface area contributed by atoms with Gasteiger partial charge in [-0.15, -0.1) is 0 Å². The Hall–Kier alpha value is -2.09. The fourth-order valence-electron chi connectivity index (χ4n) is 1.76. The number of carbonyl (C=O) groups is 1. The summed E-state index contributed by atoms with van der Waals surface area (Å²) in [5.74, 6) is -0.352. The van der Waals surface area contributed by atoms with Crippen LogP contribution in [0.25, 0.3) is 0 Å². The Balaban J connectivity index is 1.73. The van der Waals surface area contributed by atoms with Crippen molar-refractivity contribution in [3.8, 4) is 6.07 Å². The van der Waals surface area contributed by atoms with Crippen LogP contribution < -0.4 is 10.6 Å². The van der Waals surface area contributed by atoms with E-state index in [-0.39, 0.29) is 11.5 Å². The average Bonchev–Trinajstić information content (AvgIpc) is 3.19. The predicted molar refractivity (Wildman–Crippen MR) is 70.0 cm³/mol. The van der Waals surface area contributed by atoms with Crippen molar-refractivity contribution < 1.29 is 9.18 Å². The van der Waals surface area contributed by atoms with Crippen LogP contribution in [0.5, 0.6) is 0 Å². The number of benzene rings is 1. The van der Waals surface area contributed by atoms with Gasteiger partial charge in [-0.3, -0.25) is 4.79 Å². The van der Waals surface area contributed by atoms with E-state index in [2.05, 4.69) is 10.6 Å². The molecule has 100 valence electrons. The van der Waals surface area contributed by atoms with Crippen molar-refractivity contribution in [2.45, 2.75) is 31.7 Å². The molecule has 2 N–H and O–H groups in total. The van der Waals surface area contributed by atoms with Gasteiger partial charge in [-0.05, 0) is 37.5 Å². The second kappa shape index (κ2) is 6.19. The van der Waals surface area contributed by atoms with Crippen LogP contribution in [-0.4, -0.2) is 18.5 Å². The Labute approximate surface area is 111 Å². The van der Waals surface area contributed by atoms with Crippen molar-refractivity contribution >= 4 is 11.6 Å². The van der Waals surface area contributed by atoms with E-state index in [0.29, 0.717) is 31.1 Å². The van der Waals surface area contributed by atoms with Crippen molar-refractivity contribution in [2.75, 3.05) is 11.9 Å². The number of nitriles is 1. The highest BCUT2D eigenvalue weighted by Crippen LogP contribution is 2.19. The molecule has 1 saturated carbocycles. The van der Waals surface area contributed by atoms with Crippen LogP contribution in [-0.2, 0) is 4.79 Å². The molecule has 1 aliphatic rings. The van der Waals surface area contributed by atoms with Crippen molar-refractivity contribution in [2.24, 2.45) is 0 Å². The minimum atomic E-state index is -0.425. The van der Waals surface area contributed by atoms with Gasteiger partial charge in [0.25, 0.3) is 0 Å². The van der Waals surface area contributed by atoms with Gasteiger partial charge >= 0.3 is 0 Å². The summed E-state index contributed by atoms with van der Waals surface area (Å²) in [7, 11) is 0. The van der Waals surface area contributed by atoms with E-state index in [1.54, 1.807) is 0 Å². The molecule has 0 radical (unpaired) electrons. The molecule has 0 heterocycles. The second-order valence-corrected chi connectivity index (χ2v) is 4.67. The van der Waals surface area contributed by atoms with Crippen molar-refractivity contribution in [1.29, 1.82) is 5.26 Å². The van der Waals surface area contributed by atoms with Gasteiger partial charge in [-0.25, -0.2) is 4.39 Å². The molecule has 0 saturated heterocycles. The van der Waals surface area contributed by atoms with Crippen LogP contribution in [0.2, 0.25) is 0 Å². The first-order chi connectivity index (χ1) is 9.19. The van der Waals surface area contributed by atoms with Crippen molar-refractivity contribution in [1.82, 2.24) is 5.32 Å². The van der Waals surface area contributed by atoms with Crippen molar-refractivity contribution in [3.63, 3.8) is 0 Å². The summed E-state index contributed by atoms with van der Waals surface area (Å²) in [5.41, 5.74) is 0.883. The summed E-state index contributed by atoms with van der Waals surface area (Å²) in [5, 5.41) is 14.8. The van der Waals surface area contributed by atoms with Crippen LogP contribution >= 0.6 is 0 Å². The number of halogens is 1. The molecule has 4 nitrogen and oxygen atoms in total. The first-order valence-corrected chi connectivity index (χ1v) is 6.42. The predicted octanol–water partition coefficient (Wildman–Crippen LogP) is 2.17. The largest absolute Gasteiger partial charge is 0.384 e. The van der Waals surface area contributed by atoms with Crippen molar-refractivity contribution in [3.05, 3.63) is 29.6 Å². The molecule has 0 bridgehead atoms. The monoisotopic (exact) mass is 261 g/mol. The van der Waals surface area contributed by atoms with Crippen LogP contribution in [0.4, 0.5) is 10.1 Å². The number of carbonyl (C=O) groups excluding carboxylic acids is 1. The van der Waals surface area contributed by atoms with Gasteiger partial charge in [0.1, 0.15) is 11.9 Å². The molecule has 5 heteroatoms. The first-order valence-electron chi connectivity index (χ1n) is 6.42. The first kappa shape index (κ1) is 13.3. The lowest BCUT2D eigenvalue weighted by Crippen LogP contribution is -2.25. The Bertz CT molecular complexity index is 506. The molecule has 1 amide bonds. The zero-order valence-electron chi connectivity index (χ0n) is 10.6. The van der Waals surface area contributed by atoms with Crippen LogP contribution in [0.1, 0.15) is 31.2 Å². The van der Waals surface area contributed by atoms with E-state index in [0.717, 1.165) is 12.8 Å². The third-order valence-corrected chi connectivity index (χ3v) is 2.94. The maximum Gasteiger partial charge on any atom is 0.220 e. The number of hydrogen-bond donors (Lipinski definition) is 2. The summed E-state index contributed by atoms with van der Waals surface area (Å²) in [6.07, 6.45) is 3.32. The number of nitrogens with zero attached hydrogens (tertiary/aromatic N) is 1. The van der Waals surface area contributed by atoms with Crippen LogP contribution in [0.15, 0.2) is 18.2 Å². The van der Waals surface area contributed by atoms with Gasteiger partial charge in [-0.1, -0.05) is 0 Å². The summed E-state index contributed by atoms with van der Waals surface area (Å²) < 4.78 is 12.9. The standard InChI is InChI=1S/C14H16FN3O/c15-11-3-6-13(10(8-11)9-16)17-7-1-2-14(19)18-12-4-5-12/h3,6,8,12,17H,1-2,4-5,7H2,(H,18,19). The minimum absolute atomic E-state index is 0.0731. The summed E-state index contributed by atoms with van der Waals surface area (Å²) in [6, 6.07) is 6.38. The summed E-state index contributed by atoms with van der Waals surface area (Å²) in [6.45, 7) is 0.582. The number of hydrogen-bond acceptors (Lipinski definition) is 3. The van der Waals surface area contributed by atoms with Gasteiger partial charge in [0, 0.05) is 19.0 Å². The molecule has 0 atom stereocenters. The van der Waals surface area contributed by atoms with Gasteiger partial charge in [-0.2, -0.15) is 5.26 Å². The molecule has 0 aliphatic heterocycles. The number of amides is 1. The lowest BCUT2D eigenvalue weighted by molar-refractivity contribution is -0.121. The summed E-state index contributed by atoms with van der Waals surface area (Å²) >= 11 is 0. The highest BCUT2D eigenvalue weighted by Gasteiger charge is 2.22. The highest BCUT2D eigenvalue weighted by atomic mass is 19.1. The Morgan fingerprint density at radius 1 is 1.47 bits per heavy atom. The molecule has 0 spiro atoms. The molecule has 1 aromatic rings. The molecule has 19 heavy (non-hydrogen) atoms. The van der Waals surface area contributed by atoms with Gasteiger partial charge < -0.3 is 10.6 Å². The molecule has 1 fully saturated rings. The van der Waals surface area contributed by atoms with E-state index in [1.807, 2.05) is 6.07 Å². The van der Waals surface area contributed by atoms with E-state index in [9.17, 15) is 9.18 Å². The van der Waals surface area contributed by atoms with E-state index >= 15 is 0 Å². The van der Waals surface area contributed by atoms with Gasteiger partial charge in [0.05, 0.1) is 11.3 Å². The minimum Gasteiger partial charge on any atom is -0.384 e. The molecular weight excluding hydrogens is 245 g/mol. The lowest BCUT2D eigenvalue weighted by Gasteiger charge is -2.08. The average molecular weight is 261 g/mol. The molecule has 0 unspecified atom stereocenters.